The number of benzene rings is 1. The van der Waals surface area contributed by atoms with Gasteiger partial charge in [0.1, 0.15) is 11.6 Å². The first-order valence-electron chi connectivity index (χ1n) is 11.4. The molecule has 33 heavy (non-hydrogen) atoms. The molecule has 5 rings (SSSR count). The lowest BCUT2D eigenvalue weighted by atomic mass is 9.83. The zero-order valence-electron chi connectivity index (χ0n) is 18.8. The van der Waals surface area contributed by atoms with Gasteiger partial charge in [0.15, 0.2) is 5.82 Å². The van der Waals surface area contributed by atoms with Crippen molar-refractivity contribution in [3.05, 3.63) is 58.8 Å². The number of hydrogen-bond donors (Lipinski definition) is 2. The minimum atomic E-state index is -0.541. The third kappa shape index (κ3) is 4.23. The molecule has 1 aromatic carbocycles. The smallest absolute Gasteiger partial charge is 0.250 e. The Labute approximate surface area is 191 Å². The molecule has 172 valence electrons. The number of aryl methyl sites for hydroxylation is 1. The molecule has 0 amide bonds. The van der Waals surface area contributed by atoms with E-state index >= 15 is 0 Å². The van der Waals surface area contributed by atoms with Crippen molar-refractivity contribution in [2.75, 3.05) is 11.9 Å². The Morgan fingerprint density at radius 1 is 1.09 bits per heavy atom. The van der Waals surface area contributed by atoms with Crippen LogP contribution in [0.1, 0.15) is 32.1 Å². The van der Waals surface area contributed by atoms with Crippen LogP contribution >= 0.6 is 0 Å². The summed E-state index contributed by atoms with van der Waals surface area (Å²) < 4.78 is 16.3. The topological polar surface area (TPSA) is 83.3 Å². The first kappa shape index (κ1) is 21.6. The summed E-state index contributed by atoms with van der Waals surface area (Å²) in [7, 11) is 3.67. The Kier molecular flexibility index (Phi) is 5.62. The standard InChI is InChI=1S/C25H28FN5O2/c1-30-9-8-15(10-25(30)33)19-14-23(32)20(13-21(19)26)22-6-7-24(29-28-22)31(2)18-11-16-4-3-5-17(12-18)27-16/h6-10,13-14,16-18,27,32H,3-5,11-12H2,1-2H3. The molecule has 4 heterocycles. The van der Waals surface area contributed by atoms with Crippen LogP contribution in [0.2, 0.25) is 0 Å². The summed E-state index contributed by atoms with van der Waals surface area (Å²) in [5.74, 6) is 0.106. The lowest BCUT2D eigenvalue weighted by Crippen LogP contribution is -2.54. The van der Waals surface area contributed by atoms with Gasteiger partial charge >= 0.3 is 0 Å². The second-order valence-corrected chi connectivity index (χ2v) is 9.22. The highest BCUT2D eigenvalue weighted by atomic mass is 19.1. The minimum Gasteiger partial charge on any atom is -0.507 e. The highest BCUT2D eigenvalue weighted by molar-refractivity contribution is 5.74. The molecule has 2 bridgehead atoms. The van der Waals surface area contributed by atoms with Gasteiger partial charge in [0, 0.05) is 55.6 Å². The molecule has 2 unspecified atom stereocenters. The summed E-state index contributed by atoms with van der Waals surface area (Å²) in [6, 6.07) is 10.7. The predicted molar refractivity (Wildman–Crippen MR) is 126 cm³/mol. The van der Waals surface area contributed by atoms with Gasteiger partial charge in [-0.25, -0.2) is 4.39 Å². The largest absolute Gasteiger partial charge is 0.507 e. The van der Waals surface area contributed by atoms with Crippen LogP contribution in [0.15, 0.2) is 47.4 Å². The van der Waals surface area contributed by atoms with Gasteiger partial charge in [-0.3, -0.25) is 4.79 Å². The SMILES string of the molecule is CN(c1ccc(-c2cc(F)c(-c3ccn(C)c(=O)c3)cc2O)nn1)C1CC2CCCC(C1)N2. The maximum absolute atomic E-state index is 14.9. The molecule has 2 saturated heterocycles. The maximum Gasteiger partial charge on any atom is 0.250 e. The normalized spacial score (nSPS) is 22.2. The molecule has 2 atom stereocenters. The number of halogens is 1. The number of piperidine rings is 2. The summed E-state index contributed by atoms with van der Waals surface area (Å²) in [5, 5.41) is 23.0. The lowest BCUT2D eigenvalue weighted by Gasteiger charge is -2.43. The van der Waals surface area contributed by atoms with Gasteiger partial charge in [-0.05, 0) is 61.6 Å². The molecular formula is C25H28FN5O2. The van der Waals surface area contributed by atoms with Gasteiger partial charge in [0.2, 0.25) is 0 Å². The summed E-state index contributed by atoms with van der Waals surface area (Å²) in [4.78, 5) is 14.1. The van der Waals surface area contributed by atoms with E-state index in [1.165, 1.54) is 42.0 Å². The molecule has 0 radical (unpaired) electrons. The Morgan fingerprint density at radius 3 is 2.52 bits per heavy atom. The van der Waals surface area contributed by atoms with Crippen molar-refractivity contribution in [1.29, 1.82) is 0 Å². The minimum absolute atomic E-state index is 0.117. The molecule has 2 N–H and O–H groups in total. The molecule has 0 spiro atoms. The van der Waals surface area contributed by atoms with Crippen molar-refractivity contribution in [2.45, 2.75) is 50.2 Å². The first-order chi connectivity index (χ1) is 15.9. The number of hydrogen-bond acceptors (Lipinski definition) is 6. The molecule has 0 saturated carbocycles. The van der Waals surface area contributed by atoms with E-state index in [9.17, 15) is 14.3 Å². The van der Waals surface area contributed by atoms with Crippen molar-refractivity contribution in [2.24, 2.45) is 7.05 Å². The summed E-state index contributed by atoms with van der Waals surface area (Å²) in [5.41, 5.74) is 0.972. The molecule has 0 aliphatic carbocycles. The molecule has 7 nitrogen and oxygen atoms in total. The third-order valence-corrected chi connectivity index (χ3v) is 7.03. The van der Waals surface area contributed by atoms with E-state index in [0.29, 0.717) is 29.4 Å². The Balaban J connectivity index is 1.38. The van der Waals surface area contributed by atoms with E-state index in [2.05, 4.69) is 20.4 Å². The van der Waals surface area contributed by atoms with Crippen molar-refractivity contribution in [3.63, 3.8) is 0 Å². The third-order valence-electron chi connectivity index (χ3n) is 7.03. The van der Waals surface area contributed by atoms with Crippen LogP contribution in [0.25, 0.3) is 22.4 Å². The quantitative estimate of drug-likeness (QED) is 0.635. The van der Waals surface area contributed by atoms with E-state index in [4.69, 9.17) is 0 Å². The van der Waals surface area contributed by atoms with Gasteiger partial charge in [0.05, 0.1) is 5.69 Å². The molecule has 2 aromatic heterocycles. The number of fused-ring (bicyclic) bond motifs is 2. The van der Waals surface area contributed by atoms with E-state index in [0.717, 1.165) is 18.7 Å². The molecule has 2 aliphatic heterocycles. The van der Waals surface area contributed by atoms with Crippen molar-refractivity contribution >= 4 is 5.82 Å². The predicted octanol–water partition coefficient (Wildman–Crippen LogP) is 3.46. The zero-order chi connectivity index (χ0) is 23.1. The van der Waals surface area contributed by atoms with Crippen LogP contribution < -0.4 is 15.8 Å². The molecule has 3 aromatic rings. The number of nitrogens with zero attached hydrogens (tertiary/aromatic N) is 4. The Morgan fingerprint density at radius 2 is 1.85 bits per heavy atom. The number of pyridine rings is 1. The fourth-order valence-corrected chi connectivity index (χ4v) is 5.10. The molecule has 2 aliphatic rings. The zero-order valence-corrected chi connectivity index (χ0v) is 18.8. The van der Waals surface area contributed by atoms with Crippen LogP contribution in [0.5, 0.6) is 5.75 Å². The van der Waals surface area contributed by atoms with Crippen LogP contribution in [0.4, 0.5) is 10.2 Å². The summed E-state index contributed by atoms with van der Waals surface area (Å²) in [6.45, 7) is 0. The Hall–Kier alpha value is -3.26. The molecular weight excluding hydrogens is 421 g/mol. The van der Waals surface area contributed by atoms with E-state index in [1.807, 2.05) is 13.1 Å². The van der Waals surface area contributed by atoms with Crippen LogP contribution in [-0.2, 0) is 7.05 Å². The van der Waals surface area contributed by atoms with Crippen LogP contribution in [-0.4, -0.2) is 45.0 Å². The van der Waals surface area contributed by atoms with Crippen molar-refractivity contribution in [1.82, 2.24) is 20.1 Å². The monoisotopic (exact) mass is 449 g/mol. The first-order valence-corrected chi connectivity index (χ1v) is 11.4. The second-order valence-electron chi connectivity index (χ2n) is 9.22. The fourth-order valence-electron chi connectivity index (χ4n) is 5.10. The van der Waals surface area contributed by atoms with Gasteiger partial charge < -0.3 is 19.9 Å². The van der Waals surface area contributed by atoms with E-state index < -0.39 is 5.82 Å². The average Bonchev–Trinajstić information content (AvgIpc) is 2.81. The Bertz CT molecular complexity index is 1210. The summed E-state index contributed by atoms with van der Waals surface area (Å²) >= 11 is 0. The van der Waals surface area contributed by atoms with E-state index in [-0.39, 0.29) is 22.4 Å². The molecule has 2 fully saturated rings. The van der Waals surface area contributed by atoms with E-state index in [1.54, 1.807) is 25.4 Å². The number of nitrogens with one attached hydrogen (secondary N) is 1. The number of aromatic hydroxyl groups is 1. The number of anilines is 1. The highest BCUT2D eigenvalue weighted by Gasteiger charge is 2.33. The average molecular weight is 450 g/mol. The highest BCUT2D eigenvalue weighted by Crippen LogP contribution is 2.35. The number of aromatic nitrogens is 3. The van der Waals surface area contributed by atoms with Crippen molar-refractivity contribution in [3.8, 4) is 28.1 Å². The summed E-state index contributed by atoms with van der Waals surface area (Å²) in [6.07, 6.45) is 7.50. The maximum atomic E-state index is 14.9. The number of phenolic OH excluding ortho intramolecular Hbond substituents is 1. The molecule has 8 heteroatoms. The van der Waals surface area contributed by atoms with Crippen LogP contribution in [0, 0.1) is 5.82 Å². The fraction of sp³-hybridized carbons (Fsp3) is 0.400. The lowest BCUT2D eigenvalue weighted by molar-refractivity contribution is 0.219. The number of phenols is 1. The van der Waals surface area contributed by atoms with Gasteiger partial charge in [-0.15, -0.1) is 10.2 Å². The number of rotatable bonds is 4. The van der Waals surface area contributed by atoms with Gasteiger partial charge in [-0.2, -0.15) is 0 Å². The van der Waals surface area contributed by atoms with Gasteiger partial charge in [0.25, 0.3) is 5.56 Å². The second kappa shape index (κ2) is 8.59. The van der Waals surface area contributed by atoms with Crippen LogP contribution in [0.3, 0.4) is 0 Å². The van der Waals surface area contributed by atoms with Crippen molar-refractivity contribution < 1.29 is 9.50 Å². The van der Waals surface area contributed by atoms with Gasteiger partial charge in [-0.1, -0.05) is 6.42 Å².